The zero-order chi connectivity index (χ0) is 52.6. The number of imidazole rings is 2. The molecule has 16 nitrogen and oxygen atoms in total. The lowest BCUT2D eigenvalue weighted by atomic mass is 9.83. The summed E-state index contributed by atoms with van der Waals surface area (Å²) < 4.78 is 43.4. The Bertz CT molecular complexity index is 3080. The molecule has 1 saturated carbocycles. The number of halogens is 2. The Hall–Kier alpha value is -7.24. The van der Waals surface area contributed by atoms with Crippen molar-refractivity contribution in [1.82, 2.24) is 40.4 Å². The van der Waals surface area contributed by atoms with Crippen LogP contribution >= 0.6 is 0 Å². The van der Waals surface area contributed by atoms with Gasteiger partial charge in [-0.15, -0.1) is 0 Å². The van der Waals surface area contributed by atoms with Gasteiger partial charge >= 0.3 is 12.2 Å². The standard InChI is InChI=1S/C58H68F2N10O6/c1-34(61-57(73)75-2)55(71)68-26-10-16-49(68)53-62-43-20-18-38(30-45(43)64-53)47-22-23-48(70(47)40-32-41(59)52(42(60)33-40)67-28-24-36(25-29-67)35-12-6-4-7-13-35)39-19-21-44-46(31-39)65-54(63-44)50-17-11-27-69(50)56(72)51(66-58(74)76-3)37-14-8-5-9-15-37/h4,6-7,12-13,18-21,30-34,36-37,47-51H,5,8-11,14-17,22-29H2,1-3H3,(H,61,73)(H,62,64)(H,63,65)(H,66,74)/t34-,47+,48+,49-,50-,51-/m0/s1. The Morgan fingerprint density at radius 2 is 1.13 bits per heavy atom. The maximum absolute atomic E-state index is 16.8. The van der Waals surface area contributed by atoms with E-state index in [0.29, 0.717) is 74.2 Å². The first kappa shape index (κ1) is 50.9. The van der Waals surface area contributed by atoms with Crippen molar-refractivity contribution in [3.63, 3.8) is 0 Å². The molecule has 4 aromatic carbocycles. The molecule has 76 heavy (non-hydrogen) atoms. The van der Waals surface area contributed by atoms with Crippen molar-refractivity contribution in [3.8, 4) is 0 Å². The normalized spacial score (nSPS) is 22.3. The van der Waals surface area contributed by atoms with E-state index in [1.54, 1.807) is 11.8 Å². The number of aromatic amines is 2. The van der Waals surface area contributed by atoms with Gasteiger partial charge in [0.05, 0.1) is 60.5 Å². The van der Waals surface area contributed by atoms with Gasteiger partial charge in [-0.2, -0.15) is 0 Å². The molecule has 5 aliphatic rings. The number of alkyl carbamates (subject to hydrolysis) is 2. The second kappa shape index (κ2) is 21.8. The number of anilines is 2. The van der Waals surface area contributed by atoms with Crippen LogP contribution < -0.4 is 20.4 Å². The summed E-state index contributed by atoms with van der Waals surface area (Å²) in [5.41, 5.74) is 6.57. The third-order valence-corrected chi connectivity index (χ3v) is 17.0. The first-order valence-corrected chi connectivity index (χ1v) is 27.3. The Morgan fingerprint density at radius 1 is 0.592 bits per heavy atom. The Kier molecular flexibility index (Phi) is 14.6. The number of hydrogen-bond donors (Lipinski definition) is 4. The maximum atomic E-state index is 16.8. The summed E-state index contributed by atoms with van der Waals surface area (Å²) in [6, 6.07) is 22.8. The summed E-state index contributed by atoms with van der Waals surface area (Å²) in [6.07, 6.45) is 9.51. The lowest BCUT2D eigenvalue weighted by Gasteiger charge is -2.36. The minimum absolute atomic E-state index is 0.000936. The predicted molar refractivity (Wildman–Crippen MR) is 285 cm³/mol. The molecule has 2 aromatic heterocycles. The van der Waals surface area contributed by atoms with E-state index in [1.807, 2.05) is 52.3 Å². The van der Waals surface area contributed by atoms with E-state index in [4.69, 9.17) is 19.4 Å². The molecule has 0 bridgehead atoms. The number of benzene rings is 4. The highest BCUT2D eigenvalue weighted by Gasteiger charge is 2.42. The van der Waals surface area contributed by atoms with Crippen LogP contribution in [0, 0.1) is 17.6 Å². The molecule has 4 amide bonds. The Balaban J connectivity index is 0.899. The van der Waals surface area contributed by atoms with Gasteiger partial charge in [0.1, 0.15) is 29.4 Å². The number of carbonyl (C=O) groups is 4. The number of aromatic nitrogens is 4. The summed E-state index contributed by atoms with van der Waals surface area (Å²) in [5.74, 6) is 0.130. The van der Waals surface area contributed by atoms with Gasteiger partial charge in [0.2, 0.25) is 11.8 Å². The summed E-state index contributed by atoms with van der Waals surface area (Å²) in [6.45, 7) is 3.78. The molecule has 4 N–H and O–H groups in total. The fourth-order valence-corrected chi connectivity index (χ4v) is 13.2. The average Bonchev–Trinajstić information content (AvgIpc) is 4.33. The Labute approximate surface area is 441 Å². The largest absolute Gasteiger partial charge is 0.453 e. The molecule has 4 aliphatic heterocycles. The Morgan fingerprint density at radius 3 is 1.68 bits per heavy atom. The van der Waals surface area contributed by atoms with Crippen molar-refractivity contribution >= 4 is 57.4 Å². The van der Waals surface area contributed by atoms with Crippen molar-refractivity contribution in [2.45, 2.75) is 133 Å². The van der Waals surface area contributed by atoms with Gasteiger partial charge in [0.25, 0.3) is 0 Å². The van der Waals surface area contributed by atoms with Crippen LogP contribution in [-0.2, 0) is 19.1 Å². The summed E-state index contributed by atoms with van der Waals surface area (Å²) in [7, 11) is 2.58. The summed E-state index contributed by atoms with van der Waals surface area (Å²) in [5, 5.41) is 5.47. The van der Waals surface area contributed by atoms with E-state index in [-0.39, 0.29) is 47.6 Å². The van der Waals surface area contributed by atoms with Crippen molar-refractivity contribution in [1.29, 1.82) is 0 Å². The van der Waals surface area contributed by atoms with E-state index in [0.717, 1.165) is 91.9 Å². The molecule has 11 rings (SSSR count). The van der Waals surface area contributed by atoms with Crippen LogP contribution in [0.3, 0.4) is 0 Å². The molecular weight excluding hydrogens is 971 g/mol. The molecule has 18 heteroatoms. The van der Waals surface area contributed by atoms with Gasteiger partial charge in [0.15, 0.2) is 11.6 Å². The summed E-state index contributed by atoms with van der Waals surface area (Å²) >= 11 is 0. The molecule has 6 heterocycles. The highest BCUT2D eigenvalue weighted by Crippen LogP contribution is 2.49. The van der Waals surface area contributed by atoms with Crippen LogP contribution in [0.1, 0.15) is 149 Å². The number of hydrogen-bond acceptors (Lipinski definition) is 10. The number of likely N-dealkylation sites (tertiary alicyclic amines) is 2. The van der Waals surface area contributed by atoms with Crippen molar-refractivity contribution < 1.29 is 37.4 Å². The number of carbonyl (C=O) groups excluding carboxylic acids is 4. The lowest BCUT2D eigenvalue weighted by Crippen LogP contribution is -2.52. The van der Waals surface area contributed by atoms with Gasteiger partial charge in [-0.3, -0.25) is 9.59 Å². The molecule has 5 fully saturated rings. The van der Waals surface area contributed by atoms with Gasteiger partial charge in [0, 0.05) is 31.9 Å². The number of piperidine rings is 1. The molecule has 1 aliphatic carbocycles. The van der Waals surface area contributed by atoms with Crippen LogP contribution in [0.2, 0.25) is 0 Å². The lowest BCUT2D eigenvalue weighted by molar-refractivity contribution is -0.136. The zero-order valence-electron chi connectivity index (χ0n) is 43.5. The quantitative estimate of drug-likeness (QED) is 0.0921. The maximum Gasteiger partial charge on any atom is 0.407 e. The zero-order valence-corrected chi connectivity index (χ0v) is 43.5. The van der Waals surface area contributed by atoms with Crippen molar-refractivity contribution in [2.75, 3.05) is 50.2 Å². The average molecular weight is 1040 g/mol. The van der Waals surface area contributed by atoms with Crippen LogP contribution in [0.5, 0.6) is 0 Å². The first-order valence-electron chi connectivity index (χ1n) is 27.3. The van der Waals surface area contributed by atoms with Crippen LogP contribution in [0.15, 0.2) is 78.9 Å². The fraction of sp³-hybridized carbons (Fsp3) is 0.483. The number of nitrogens with zero attached hydrogens (tertiary/aromatic N) is 6. The first-order chi connectivity index (χ1) is 37.0. The van der Waals surface area contributed by atoms with E-state index in [9.17, 15) is 19.2 Å². The highest BCUT2D eigenvalue weighted by molar-refractivity contribution is 5.87. The summed E-state index contributed by atoms with van der Waals surface area (Å²) in [4.78, 5) is 77.3. The molecular formula is C58H68F2N10O6. The number of methoxy groups -OCH3 is 2. The molecule has 0 radical (unpaired) electrons. The van der Waals surface area contributed by atoms with Gasteiger partial charge in [-0.1, -0.05) is 61.7 Å². The number of ether oxygens (including phenoxy) is 2. The smallest absolute Gasteiger partial charge is 0.407 e. The number of amides is 4. The van der Waals surface area contributed by atoms with Crippen LogP contribution in [-0.4, -0.2) is 106 Å². The third-order valence-electron chi connectivity index (χ3n) is 17.0. The number of fused-ring (bicyclic) bond motifs is 2. The van der Waals surface area contributed by atoms with E-state index in [1.165, 1.54) is 31.9 Å². The molecule has 0 spiro atoms. The van der Waals surface area contributed by atoms with Crippen LogP contribution in [0.4, 0.5) is 29.7 Å². The van der Waals surface area contributed by atoms with E-state index < -0.39 is 35.9 Å². The third kappa shape index (κ3) is 10.0. The topological polar surface area (TPSA) is 181 Å². The van der Waals surface area contributed by atoms with Crippen LogP contribution in [0.25, 0.3) is 22.1 Å². The minimum atomic E-state index is -0.785. The van der Waals surface area contributed by atoms with Gasteiger partial charge in [-0.05, 0) is 136 Å². The van der Waals surface area contributed by atoms with Gasteiger partial charge in [-0.25, -0.2) is 28.3 Å². The second-order valence-corrected chi connectivity index (χ2v) is 21.5. The molecule has 400 valence electrons. The monoisotopic (exact) mass is 1040 g/mol. The SMILES string of the molecule is COC(=O)N[C@@H](C)C(=O)N1CCC[C@H]1c1nc2cc([C@H]3CC[C@H](c4ccc5[nH]c([C@@H]6CCCN6C(=O)[C@@H](NC(=O)OC)C6CCCCC6)nc5c4)N3c3cc(F)c(N4CCC(c5ccccc5)CC4)c(F)c3)ccc2[nH]1. The molecule has 6 aromatic rings. The van der Waals surface area contributed by atoms with Crippen molar-refractivity contribution in [3.05, 3.63) is 119 Å². The number of H-pyrrole nitrogens is 2. The minimum Gasteiger partial charge on any atom is -0.453 e. The van der Waals surface area contributed by atoms with E-state index in [2.05, 4.69) is 49.8 Å². The predicted octanol–water partition coefficient (Wildman–Crippen LogP) is 10.6. The van der Waals surface area contributed by atoms with Crippen molar-refractivity contribution in [2.24, 2.45) is 5.92 Å². The number of nitrogens with one attached hydrogen (secondary N) is 4. The molecule has 0 unspecified atom stereocenters. The molecule has 6 atom stereocenters. The second-order valence-electron chi connectivity index (χ2n) is 21.5. The number of rotatable bonds is 12. The van der Waals surface area contributed by atoms with E-state index >= 15 is 8.78 Å². The fourth-order valence-electron chi connectivity index (χ4n) is 13.2. The molecule has 4 saturated heterocycles. The highest BCUT2D eigenvalue weighted by atomic mass is 19.1. The van der Waals surface area contributed by atoms with Gasteiger partial charge < -0.3 is 49.7 Å².